The molecule has 0 atom stereocenters. The SMILES string of the molecule is CCCCCCCCC(=O)Oc1ccc2[nH]cc(CCN)c2c1. The van der Waals surface area contributed by atoms with Gasteiger partial charge in [0.2, 0.25) is 0 Å². The van der Waals surface area contributed by atoms with Crippen molar-refractivity contribution in [3.05, 3.63) is 30.0 Å². The summed E-state index contributed by atoms with van der Waals surface area (Å²) in [5.41, 5.74) is 7.84. The van der Waals surface area contributed by atoms with Gasteiger partial charge in [0.05, 0.1) is 0 Å². The van der Waals surface area contributed by atoms with Crippen LogP contribution in [-0.4, -0.2) is 17.5 Å². The van der Waals surface area contributed by atoms with Gasteiger partial charge in [0.15, 0.2) is 0 Å². The first-order valence-corrected chi connectivity index (χ1v) is 8.75. The number of nitrogens with two attached hydrogens (primary N) is 1. The maximum Gasteiger partial charge on any atom is 0.311 e. The molecule has 0 fully saturated rings. The summed E-state index contributed by atoms with van der Waals surface area (Å²) >= 11 is 0. The number of aromatic nitrogens is 1. The third-order valence-electron chi connectivity index (χ3n) is 4.12. The molecule has 2 rings (SSSR count). The zero-order chi connectivity index (χ0) is 16.5. The first-order chi connectivity index (χ1) is 11.2. The summed E-state index contributed by atoms with van der Waals surface area (Å²) in [5.74, 6) is 0.474. The van der Waals surface area contributed by atoms with Gasteiger partial charge >= 0.3 is 5.97 Å². The Bertz CT molecular complexity index is 619. The third-order valence-corrected chi connectivity index (χ3v) is 4.12. The van der Waals surface area contributed by atoms with Gasteiger partial charge in [-0.05, 0) is 43.1 Å². The number of esters is 1. The van der Waals surface area contributed by atoms with Gasteiger partial charge < -0.3 is 15.5 Å². The van der Waals surface area contributed by atoms with Crippen LogP contribution in [0.5, 0.6) is 5.75 Å². The average Bonchev–Trinajstić information content (AvgIpc) is 2.94. The molecular formula is C19H28N2O2. The van der Waals surface area contributed by atoms with Crippen molar-refractivity contribution < 1.29 is 9.53 Å². The molecule has 0 saturated carbocycles. The maximum atomic E-state index is 11.9. The summed E-state index contributed by atoms with van der Waals surface area (Å²) in [6, 6.07) is 5.71. The summed E-state index contributed by atoms with van der Waals surface area (Å²) in [5, 5.41) is 1.08. The highest BCUT2D eigenvalue weighted by atomic mass is 16.5. The summed E-state index contributed by atoms with van der Waals surface area (Å²) in [6.07, 6.45) is 10.3. The average molecular weight is 316 g/mol. The van der Waals surface area contributed by atoms with Crippen molar-refractivity contribution >= 4 is 16.9 Å². The van der Waals surface area contributed by atoms with Crippen molar-refractivity contribution in [1.82, 2.24) is 4.98 Å². The molecule has 2 aromatic rings. The second kappa shape index (κ2) is 9.36. The Balaban J connectivity index is 1.83. The molecule has 23 heavy (non-hydrogen) atoms. The second-order valence-corrected chi connectivity index (χ2v) is 6.05. The normalized spacial score (nSPS) is 11.0. The summed E-state index contributed by atoms with van der Waals surface area (Å²) < 4.78 is 5.47. The second-order valence-electron chi connectivity index (χ2n) is 6.05. The molecule has 1 heterocycles. The molecule has 4 nitrogen and oxygen atoms in total. The Morgan fingerprint density at radius 3 is 2.74 bits per heavy atom. The van der Waals surface area contributed by atoms with Crippen molar-refractivity contribution in [1.29, 1.82) is 0 Å². The number of aromatic amines is 1. The zero-order valence-corrected chi connectivity index (χ0v) is 14.1. The third kappa shape index (κ3) is 5.39. The molecule has 0 spiro atoms. The van der Waals surface area contributed by atoms with Gasteiger partial charge in [0.25, 0.3) is 0 Å². The first kappa shape index (κ1) is 17.5. The Labute approximate surface area is 138 Å². The lowest BCUT2D eigenvalue weighted by Gasteiger charge is -2.05. The number of hydrogen-bond acceptors (Lipinski definition) is 3. The molecule has 0 aliphatic heterocycles. The van der Waals surface area contributed by atoms with Crippen LogP contribution in [0.25, 0.3) is 10.9 Å². The predicted octanol–water partition coefficient (Wildman–Crippen LogP) is 4.33. The lowest BCUT2D eigenvalue weighted by molar-refractivity contribution is -0.134. The molecule has 1 aromatic carbocycles. The Kier molecular flexibility index (Phi) is 7.14. The van der Waals surface area contributed by atoms with E-state index in [9.17, 15) is 4.79 Å². The van der Waals surface area contributed by atoms with E-state index in [1.165, 1.54) is 25.7 Å². The van der Waals surface area contributed by atoms with E-state index in [1.807, 2.05) is 24.4 Å². The number of benzene rings is 1. The van der Waals surface area contributed by atoms with E-state index >= 15 is 0 Å². The quantitative estimate of drug-likeness (QED) is 0.389. The van der Waals surface area contributed by atoms with Gasteiger partial charge in [-0.3, -0.25) is 4.79 Å². The fourth-order valence-corrected chi connectivity index (χ4v) is 2.82. The van der Waals surface area contributed by atoms with Gasteiger partial charge in [0, 0.05) is 23.5 Å². The monoisotopic (exact) mass is 316 g/mol. The number of ether oxygens (including phenoxy) is 1. The van der Waals surface area contributed by atoms with E-state index in [4.69, 9.17) is 10.5 Å². The van der Waals surface area contributed by atoms with Crippen molar-refractivity contribution in [2.75, 3.05) is 6.54 Å². The fraction of sp³-hybridized carbons (Fsp3) is 0.526. The molecule has 0 bridgehead atoms. The standard InChI is InChI=1S/C19H28N2O2/c1-2-3-4-5-6-7-8-19(22)23-16-9-10-18-17(13-16)15(11-12-20)14-21-18/h9-10,13-14,21H,2-8,11-12,20H2,1H3. The number of carbonyl (C=O) groups excluding carboxylic acids is 1. The topological polar surface area (TPSA) is 68.1 Å². The van der Waals surface area contributed by atoms with Crippen LogP contribution in [-0.2, 0) is 11.2 Å². The van der Waals surface area contributed by atoms with E-state index < -0.39 is 0 Å². The fourth-order valence-electron chi connectivity index (χ4n) is 2.82. The van der Waals surface area contributed by atoms with E-state index in [2.05, 4.69) is 11.9 Å². The lowest BCUT2D eigenvalue weighted by Crippen LogP contribution is -2.07. The van der Waals surface area contributed by atoms with Crippen LogP contribution < -0.4 is 10.5 Å². The lowest BCUT2D eigenvalue weighted by atomic mass is 10.1. The number of rotatable bonds is 10. The Morgan fingerprint density at radius 2 is 1.96 bits per heavy atom. The smallest absolute Gasteiger partial charge is 0.311 e. The highest BCUT2D eigenvalue weighted by Crippen LogP contribution is 2.24. The molecule has 126 valence electrons. The predicted molar refractivity (Wildman–Crippen MR) is 94.7 cm³/mol. The van der Waals surface area contributed by atoms with Gasteiger partial charge in [-0.25, -0.2) is 0 Å². The van der Waals surface area contributed by atoms with E-state index in [0.29, 0.717) is 18.7 Å². The number of hydrogen-bond donors (Lipinski definition) is 2. The number of unbranched alkanes of at least 4 members (excludes halogenated alkanes) is 5. The number of nitrogens with one attached hydrogen (secondary N) is 1. The molecule has 1 aromatic heterocycles. The van der Waals surface area contributed by atoms with Crippen molar-refractivity contribution in [2.45, 2.75) is 58.3 Å². The minimum absolute atomic E-state index is 0.143. The van der Waals surface area contributed by atoms with Crippen LogP contribution >= 0.6 is 0 Å². The molecule has 0 aliphatic rings. The molecule has 0 radical (unpaired) electrons. The molecule has 4 heteroatoms. The highest BCUT2D eigenvalue weighted by molar-refractivity contribution is 5.85. The Hall–Kier alpha value is -1.81. The van der Waals surface area contributed by atoms with Crippen LogP contribution in [0.4, 0.5) is 0 Å². The van der Waals surface area contributed by atoms with Crippen molar-refractivity contribution in [3.8, 4) is 5.75 Å². The highest BCUT2D eigenvalue weighted by Gasteiger charge is 2.08. The van der Waals surface area contributed by atoms with Crippen LogP contribution in [0.15, 0.2) is 24.4 Å². The number of H-pyrrole nitrogens is 1. The van der Waals surface area contributed by atoms with Crippen LogP contribution in [0.2, 0.25) is 0 Å². The van der Waals surface area contributed by atoms with Crippen molar-refractivity contribution in [3.63, 3.8) is 0 Å². The molecule has 0 amide bonds. The molecule has 0 unspecified atom stereocenters. The molecule has 0 saturated heterocycles. The van der Waals surface area contributed by atoms with Gasteiger partial charge in [0.1, 0.15) is 5.75 Å². The van der Waals surface area contributed by atoms with Crippen LogP contribution in [0.1, 0.15) is 57.4 Å². The van der Waals surface area contributed by atoms with Crippen LogP contribution in [0, 0.1) is 0 Å². The Morgan fingerprint density at radius 1 is 1.17 bits per heavy atom. The number of fused-ring (bicyclic) bond motifs is 1. The summed E-state index contributed by atoms with van der Waals surface area (Å²) in [7, 11) is 0. The largest absolute Gasteiger partial charge is 0.427 e. The minimum Gasteiger partial charge on any atom is -0.427 e. The van der Waals surface area contributed by atoms with Gasteiger partial charge in [-0.1, -0.05) is 39.0 Å². The van der Waals surface area contributed by atoms with Crippen molar-refractivity contribution in [2.24, 2.45) is 5.73 Å². The molecular weight excluding hydrogens is 288 g/mol. The maximum absolute atomic E-state index is 11.9. The van der Waals surface area contributed by atoms with E-state index in [0.717, 1.165) is 35.7 Å². The van der Waals surface area contributed by atoms with Crippen LogP contribution in [0.3, 0.4) is 0 Å². The first-order valence-electron chi connectivity index (χ1n) is 8.75. The van der Waals surface area contributed by atoms with E-state index in [1.54, 1.807) is 0 Å². The molecule has 0 aliphatic carbocycles. The van der Waals surface area contributed by atoms with E-state index in [-0.39, 0.29) is 5.97 Å². The molecule has 3 N–H and O–H groups in total. The number of carbonyl (C=O) groups is 1. The summed E-state index contributed by atoms with van der Waals surface area (Å²) in [6.45, 7) is 2.81. The van der Waals surface area contributed by atoms with Gasteiger partial charge in [-0.15, -0.1) is 0 Å². The van der Waals surface area contributed by atoms with Gasteiger partial charge in [-0.2, -0.15) is 0 Å². The zero-order valence-electron chi connectivity index (χ0n) is 14.1. The minimum atomic E-state index is -0.143. The summed E-state index contributed by atoms with van der Waals surface area (Å²) in [4.78, 5) is 15.2.